The summed E-state index contributed by atoms with van der Waals surface area (Å²) in [5.41, 5.74) is 2.26. The number of rotatable bonds is 3. The number of carbonyl (C=O) groups is 1. The number of sulfone groups is 1. The van der Waals surface area contributed by atoms with Gasteiger partial charge in [-0.25, -0.2) is 8.42 Å². The molecule has 22 heavy (non-hydrogen) atoms. The highest BCUT2D eigenvalue weighted by atomic mass is 32.2. The largest absolute Gasteiger partial charge is 0.347 e. The summed E-state index contributed by atoms with van der Waals surface area (Å²) in [6.07, 6.45) is 0.450. The van der Waals surface area contributed by atoms with E-state index in [-0.39, 0.29) is 29.1 Å². The summed E-state index contributed by atoms with van der Waals surface area (Å²) in [4.78, 5) is 13.0. The second-order valence-corrected chi connectivity index (χ2v) is 8.37. The molecule has 1 saturated heterocycles. The van der Waals surface area contributed by atoms with Crippen molar-refractivity contribution in [3.05, 3.63) is 35.5 Å². The number of amides is 1. The number of aromatic nitrogens is 2. The molecule has 1 aromatic carbocycles. The van der Waals surface area contributed by atoms with Gasteiger partial charge in [0.05, 0.1) is 16.4 Å². The van der Waals surface area contributed by atoms with E-state index in [1.165, 1.54) is 0 Å². The topological polar surface area (TPSA) is 89.0 Å². The predicted molar refractivity (Wildman–Crippen MR) is 84.6 cm³/mol. The number of aryl methyl sites for hydroxylation is 1. The Hall–Kier alpha value is -1.80. The van der Waals surface area contributed by atoms with Crippen LogP contribution in [0.15, 0.2) is 24.3 Å². The summed E-state index contributed by atoms with van der Waals surface area (Å²) in [5.74, 6) is -0.250. The Balaban J connectivity index is 1.80. The van der Waals surface area contributed by atoms with Gasteiger partial charge < -0.3 is 5.32 Å². The summed E-state index contributed by atoms with van der Waals surface area (Å²) >= 11 is 1.15. The molecular formula is C14H15N3O3S2. The molecule has 116 valence electrons. The molecule has 1 aromatic heterocycles. The van der Waals surface area contributed by atoms with E-state index in [1.807, 2.05) is 31.2 Å². The Morgan fingerprint density at radius 3 is 2.68 bits per heavy atom. The second-order valence-electron chi connectivity index (χ2n) is 5.39. The summed E-state index contributed by atoms with van der Waals surface area (Å²) in [6, 6.07) is 7.41. The molecule has 1 aliphatic heterocycles. The zero-order valence-electron chi connectivity index (χ0n) is 11.9. The Labute approximate surface area is 132 Å². The Morgan fingerprint density at radius 2 is 2.05 bits per heavy atom. The number of nitrogens with one attached hydrogen (secondary N) is 1. The van der Waals surface area contributed by atoms with Crippen LogP contribution in [0.1, 0.15) is 22.5 Å². The summed E-state index contributed by atoms with van der Waals surface area (Å²) in [7, 11) is -3.03. The van der Waals surface area contributed by atoms with Crippen molar-refractivity contribution in [3.63, 3.8) is 0 Å². The monoisotopic (exact) mass is 337 g/mol. The first-order valence-corrected chi connectivity index (χ1v) is 9.45. The highest BCUT2D eigenvalue weighted by molar-refractivity contribution is 7.91. The minimum absolute atomic E-state index is 0.00380. The molecule has 8 heteroatoms. The van der Waals surface area contributed by atoms with E-state index >= 15 is 0 Å². The lowest BCUT2D eigenvalue weighted by Gasteiger charge is -2.10. The van der Waals surface area contributed by atoms with Gasteiger partial charge in [-0.05, 0) is 30.4 Å². The van der Waals surface area contributed by atoms with Gasteiger partial charge in [0.1, 0.15) is 0 Å². The highest BCUT2D eigenvalue weighted by Gasteiger charge is 2.30. The fourth-order valence-corrected chi connectivity index (χ4v) is 4.74. The third-order valence-electron chi connectivity index (χ3n) is 3.58. The van der Waals surface area contributed by atoms with Crippen LogP contribution < -0.4 is 5.32 Å². The minimum atomic E-state index is -3.03. The van der Waals surface area contributed by atoms with Gasteiger partial charge in [-0.1, -0.05) is 34.3 Å². The summed E-state index contributed by atoms with van der Waals surface area (Å²) in [6.45, 7) is 1.99. The van der Waals surface area contributed by atoms with E-state index in [1.54, 1.807) is 0 Å². The maximum Gasteiger partial charge on any atom is 0.273 e. The molecule has 0 bridgehead atoms. The molecule has 2 aromatic rings. The predicted octanol–water partition coefficient (Wildman–Crippen LogP) is 1.43. The lowest BCUT2D eigenvalue weighted by atomic mass is 10.1. The van der Waals surface area contributed by atoms with Gasteiger partial charge >= 0.3 is 0 Å². The van der Waals surface area contributed by atoms with Crippen LogP contribution in [0.3, 0.4) is 0 Å². The quantitative estimate of drug-likeness (QED) is 0.915. The number of benzene rings is 1. The molecule has 1 fully saturated rings. The average Bonchev–Trinajstić information content (AvgIpc) is 3.06. The number of hydrogen-bond acceptors (Lipinski definition) is 6. The van der Waals surface area contributed by atoms with Crippen LogP contribution in [0.4, 0.5) is 0 Å². The third kappa shape index (κ3) is 3.17. The first-order chi connectivity index (χ1) is 10.4. The van der Waals surface area contributed by atoms with Crippen molar-refractivity contribution in [1.82, 2.24) is 14.9 Å². The lowest BCUT2D eigenvalue weighted by molar-refractivity contribution is 0.0936. The van der Waals surface area contributed by atoms with Gasteiger partial charge in [0, 0.05) is 6.04 Å². The Bertz CT molecular complexity index is 797. The average molecular weight is 337 g/mol. The first kappa shape index (κ1) is 15.1. The fraction of sp³-hybridized carbons (Fsp3) is 0.357. The molecular weight excluding hydrogens is 322 g/mol. The molecule has 0 aliphatic carbocycles. The molecule has 0 spiro atoms. The van der Waals surface area contributed by atoms with Crippen molar-refractivity contribution < 1.29 is 13.2 Å². The molecule has 0 radical (unpaired) electrons. The van der Waals surface area contributed by atoms with Crippen molar-refractivity contribution in [1.29, 1.82) is 0 Å². The molecule has 0 unspecified atom stereocenters. The number of hydrogen-bond donors (Lipinski definition) is 1. The molecule has 1 N–H and O–H groups in total. The molecule has 1 aliphatic rings. The standard InChI is InChI=1S/C14H15N3O3S2/c1-9-2-4-10(5-3-9)13-12(16-17-21-13)14(18)15-11-6-7-22(19,20)8-11/h2-5,11H,6-8H2,1H3,(H,15,18)/t11-/m0/s1. The van der Waals surface area contributed by atoms with Crippen molar-refractivity contribution in [3.8, 4) is 10.4 Å². The molecule has 6 nitrogen and oxygen atoms in total. The Kier molecular flexibility index (Phi) is 3.96. The molecule has 3 rings (SSSR count). The number of carbonyl (C=O) groups excluding carboxylic acids is 1. The maximum absolute atomic E-state index is 12.3. The van der Waals surface area contributed by atoms with E-state index in [0.29, 0.717) is 11.3 Å². The third-order valence-corrected chi connectivity index (χ3v) is 6.13. The van der Waals surface area contributed by atoms with Crippen LogP contribution in [0.5, 0.6) is 0 Å². The van der Waals surface area contributed by atoms with Gasteiger partial charge in [0.2, 0.25) is 0 Å². The fourth-order valence-electron chi connectivity index (χ4n) is 2.40. The van der Waals surface area contributed by atoms with Crippen LogP contribution >= 0.6 is 11.5 Å². The van der Waals surface area contributed by atoms with Gasteiger partial charge in [-0.2, -0.15) is 0 Å². The van der Waals surface area contributed by atoms with E-state index in [9.17, 15) is 13.2 Å². The smallest absolute Gasteiger partial charge is 0.273 e. The zero-order valence-corrected chi connectivity index (χ0v) is 13.6. The summed E-state index contributed by atoms with van der Waals surface area (Å²) in [5, 5.41) is 6.64. The summed E-state index contributed by atoms with van der Waals surface area (Å²) < 4.78 is 26.8. The SMILES string of the molecule is Cc1ccc(-c2snnc2C(=O)N[C@H]2CCS(=O)(=O)C2)cc1. The second kappa shape index (κ2) is 5.77. The van der Waals surface area contributed by atoms with Gasteiger partial charge in [-0.15, -0.1) is 5.10 Å². The van der Waals surface area contributed by atoms with Gasteiger partial charge in [0.25, 0.3) is 5.91 Å². The molecule has 1 atom stereocenters. The van der Waals surface area contributed by atoms with Crippen LogP contribution in [0.2, 0.25) is 0 Å². The van der Waals surface area contributed by atoms with Crippen LogP contribution in [0.25, 0.3) is 10.4 Å². The lowest BCUT2D eigenvalue weighted by Crippen LogP contribution is -2.36. The minimum Gasteiger partial charge on any atom is -0.347 e. The van der Waals surface area contributed by atoms with Crippen molar-refractivity contribution in [2.24, 2.45) is 0 Å². The zero-order chi connectivity index (χ0) is 15.7. The van der Waals surface area contributed by atoms with Crippen LogP contribution in [-0.2, 0) is 9.84 Å². The van der Waals surface area contributed by atoms with E-state index in [4.69, 9.17) is 0 Å². The van der Waals surface area contributed by atoms with Crippen molar-refractivity contribution >= 4 is 27.3 Å². The van der Waals surface area contributed by atoms with E-state index < -0.39 is 9.84 Å². The van der Waals surface area contributed by atoms with Crippen molar-refractivity contribution in [2.75, 3.05) is 11.5 Å². The van der Waals surface area contributed by atoms with Crippen LogP contribution in [-0.4, -0.2) is 41.5 Å². The normalized spacial score (nSPS) is 20.0. The maximum atomic E-state index is 12.3. The van der Waals surface area contributed by atoms with Crippen LogP contribution in [0, 0.1) is 6.92 Å². The van der Waals surface area contributed by atoms with E-state index in [0.717, 1.165) is 22.7 Å². The molecule has 2 heterocycles. The number of nitrogens with zero attached hydrogens (tertiary/aromatic N) is 2. The Morgan fingerprint density at radius 1 is 1.32 bits per heavy atom. The highest BCUT2D eigenvalue weighted by Crippen LogP contribution is 2.26. The van der Waals surface area contributed by atoms with E-state index in [2.05, 4.69) is 14.9 Å². The first-order valence-electron chi connectivity index (χ1n) is 6.85. The van der Waals surface area contributed by atoms with Gasteiger partial charge in [-0.3, -0.25) is 4.79 Å². The molecule has 0 saturated carbocycles. The van der Waals surface area contributed by atoms with Crippen molar-refractivity contribution in [2.45, 2.75) is 19.4 Å². The molecule has 1 amide bonds. The van der Waals surface area contributed by atoms with Gasteiger partial charge in [0.15, 0.2) is 15.5 Å².